The highest BCUT2D eigenvalue weighted by Gasteiger charge is 2.24. The molecule has 120 valence electrons. The Balaban J connectivity index is 1.28. The van der Waals surface area contributed by atoms with Gasteiger partial charge in [-0.2, -0.15) is 0 Å². The van der Waals surface area contributed by atoms with Crippen LogP contribution < -0.4 is 5.32 Å². The number of nitrogens with one attached hydrogen (secondary N) is 1. The van der Waals surface area contributed by atoms with E-state index < -0.39 is 0 Å². The van der Waals surface area contributed by atoms with Gasteiger partial charge in [0.15, 0.2) is 4.96 Å². The fourth-order valence-electron chi connectivity index (χ4n) is 3.01. The second-order valence-corrected chi connectivity index (χ2v) is 6.77. The minimum Gasteiger partial charge on any atom is -0.468 e. The van der Waals surface area contributed by atoms with Crippen LogP contribution in [0.15, 0.2) is 40.6 Å². The Morgan fingerprint density at radius 1 is 1.52 bits per heavy atom. The van der Waals surface area contributed by atoms with Crippen molar-refractivity contribution in [1.82, 2.24) is 19.6 Å². The van der Waals surface area contributed by atoms with Gasteiger partial charge < -0.3 is 9.73 Å². The molecule has 0 bridgehead atoms. The van der Waals surface area contributed by atoms with Crippen molar-refractivity contribution < 1.29 is 9.21 Å². The van der Waals surface area contributed by atoms with Gasteiger partial charge in [0.2, 0.25) is 0 Å². The van der Waals surface area contributed by atoms with Crippen molar-refractivity contribution >= 4 is 22.2 Å². The number of carbonyl (C=O) groups is 1. The van der Waals surface area contributed by atoms with Crippen LogP contribution in [0.1, 0.15) is 22.7 Å². The minimum absolute atomic E-state index is 0.0922. The van der Waals surface area contributed by atoms with E-state index in [1.807, 2.05) is 28.1 Å². The number of amides is 1. The summed E-state index contributed by atoms with van der Waals surface area (Å²) < 4.78 is 7.26. The van der Waals surface area contributed by atoms with Gasteiger partial charge in [-0.3, -0.25) is 14.1 Å². The normalized spacial score (nSPS) is 18.7. The Morgan fingerprint density at radius 3 is 3.30 bits per heavy atom. The van der Waals surface area contributed by atoms with E-state index in [0.717, 1.165) is 36.8 Å². The number of likely N-dealkylation sites (tertiary alicyclic amines) is 1. The van der Waals surface area contributed by atoms with Crippen LogP contribution in [-0.2, 0) is 6.54 Å². The number of thiazole rings is 1. The molecule has 1 N–H and O–H groups in total. The number of hydrogen-bond donors (Lipinski definition) is 1. The number of aromatic nitrogens is 2. The Hall–Kier alpha value is -2.12. The minimum atomic E-state index is -0.0922. The van der Waals surface area contributed by atoms with Crippen LogP contribution in [-0.4, -0.2) is 39.8 Å². The van der Waals surface area contributed by atoms with Crippen molar-refractivity contribution in [1.29, 1.82) is 0 Å². The zero-order chi connectivity index (χ0) is 15.6. The Morgan fingerprint density at radius 2 is 2.48 bits per heavy atom. The van der Waals surface area contributed by atoms with Crippen molar-refractivity contribution in [3.05, 3.63) is 47.6 Å². The second-order valence-electron chi connectivity index (χ2n) is 5.90. The molecule has 1 amide bonds. The first-order valence-corrected chi connectivity index (χ1v) is 8.61. The molecule has 4 rings (SSSR count). The van der Waals surface area contributed by atoms with Gasteiger partial charge in [-0.15, -0.1) is 11.3 Å². The lowest BCUT2D eigenvalue weighted by Gasteiger charge is -2.14. The highest BCUT2D eigenvalue weighted by atomic mass is 32.1. The zero-order valence-electron chi connectivity index (χ0n) is 12.6. The molecular formula is C16H18N4O2S. The summed E-state index contributed by atoms with van der Waals surface area (Å²) in [7, 11) is 0. The van der Waals surface area contributed by atoms with Crippen LogP contribution in [0.25, 0.3) is 4.96 Å². The van der Waals surface area contributed by atoms with Gasteiger partial charge in [0, 0.05) is 30.9 Å². The lowest BCUT2D eigenvalue weighted by atomic mass is 10.1. The SMILES string of the molecule is O=C(NCC1CCN(Cc2ccco2)C1)c1cn2ccsc2n1. The maximum atomic E-state index is 12.2. The summed E-state index contributed by atoms with van der Waals surface area (Å²) in [6.45, 7) is 3.56. The van der Waals surface area contributed by atoms with Gasteiger partial charge in [0.05, 0.1) is 12.8 Å². The van der Waals surface area contributed by atoms with Crippen LogP contribution in [0.2, 0.25) is 0 Å². The standard InChI is InChI=1S/C16H18N4O2S/c21-15(14-11-20-5-7-23-16(20)18-14)17-8-12-3-4-19(9-12)10-13-2-1-6-22-13/h1-2,5-7,11-12H,3-4,8-10H2,(H,17,21). The molecule has 0 radical (unpaired) electrons. The van der Waals surface area contributed by atoms with E-state index in [-0.39, 0.29) is 5.91 Å². The number of nitrogens with zero attached hydrogens (tertiary/aromatic N) is 3. The van der Waals surface area contributed by atoms with Crippen molar-refractivity contribution in [3.8, 4) is 0 Å². The van der Waals surface area contributed by atoms with Crippen molar-refractivity contribution in [3.63, 3.8) is 0 Å². The molecule has 7 heteroatoms. The molecule has 6 nitrogen and oxygen atoms in total. The summed E-state index contributed by atoms with van der Waals surface area (Å²) in [5.74, 6) is 1.38. The first-order valence-electron chi connectivity index (χ1n) is 7.73. The third-order valence-electron chi connectivity index (χ3n) is 4.21. The van der Waals surface area contributed by atoms with Crippen LogP contribution in [0, 0.1) is 5.92 Å². The first kappa shape index (κ1) is 14.5. The molecule has 4 heterocycles. The van der Waals surface area contributed by atoms with E-state index in [1.54, 1.807) is 12.5 Å². The quantitative estimate of drug-likeness (QED) is 0.779. The molecule has 1 aliphatic rings. The predicted octanol–water partition coefficient (Wildman–Crippen LogP) is 2.24. The second kappa shape index (κ2) is 6.17. The number of carbonyl (C=O) groups excluding carboxylic acids is 1. The Bertz CT molecular complexity index is 764. The molecule has 1 atom stereocenters. The average molecular weight is 330 g/mol. The maximum absolute atomic E-state index is 12.2. The number of furan rings is 1. The largest absolute Gasteiger partial charge is 0.468 e. The fourth-order valence-corrected chi connectivity index (χ4v) is 3.71. The molecule has 1 unspecified atom stereocenters. The van der Waals surface area contributed by atoms with Gasteiger partial charge in [0.1, 0.15) is 11.5 Å². The summed E-state index contributed by atoms with van der Waals surface area (Å²) in [6, 6.07) is 3.91. The predicted molar refractivity (Wildman–Crippen MR) is 87.5 cm³/mol. The molecule has 1 saturated heterocycles. The van der Waals surface area contributed by atoms with Crippen LogP contribution in [0.3, 0.4) is 0 Å². The Kier molecular flexibility index (Phi) is 3.88. The molecule has 3 aromatic rings. The van der Waals surface area contributed by atoms with Gasteiger partial charge in [0.25, 0.3) is 5.91 Å². The van der Waals surface area contributed by atoms with Crippen LogP contribution >= 0.6 is 11.3 Å². The number of hydrogen-bond acceptors (Lipinski definition) is 5. The van der Waals surface area contributed by atoms with E-state index in [0.29, 0.717) is 18.2 Å². The number of fused-ring (bicyclic) bond motifs is 1. The van der Waals surface area contributed by atoms with E-state index in [9.17, 15) is 4.79 Å². The molecule has 0 spiro atoms. The highest BCUT2D eigenvalue weighted by Crippen LogP contribution is 2.18. The van der Waals surface area contributed by atoms with E-state index in [4.69, 9.17) is 4.42 Å². The van der Waals surface area contributed by atoms with Crippen LogP contribution in [0.5, 0.6) is 0 Å². The van der Waals surface area contributed by atoms with Crippen LogP contribution in [0.4, 0.5) is 0 Å². The molecule has 0 aromatic carbocycles. The molecule has 3 aromatic heterocycles. The van der Waals surface area contributed by atoms with Crippen molar-refractivity contribution in [2.75, 3.05) is 19.6 Å². The summed E-state index contributed by atoms with van der Waals surface area (Å²) >= 11 is 1.53. The van der Waals surface area contributed by atoms with E-state index in [1.165, 1.54) is 11.3 Å². The number of imidazole rings is 1. The Labute approximate surface area is 137 Å². The highest BCUT2D eigenvalue weighted by molar-refractivity contribution is 7.15. The summed E-state index contributed by atoms with van der Waals surface area (Å²) in [5, 5.41) is 4.97. The number of rotatable bonds is 5. The molecule has 1 aliphatic heterocycles. The molecule has 1 fully saturated rings. The zero-order valence-corrected chi connectivity index (χ0v) is 13.5. The topological polar surface area (TPSA) is 62.8 Å². The molecule has 23 heavy (non-hydrogen) atoms. The first-order chi connectivity index (χ1) is 11.3. The summed E-state index contributed by atoms with van der Waals surface area (Å²) in [4.78, 5) is 19.7. The monoisotopic (exact) mass is 330 g/mol. The lowest BCUT2D eigenvalue weighted by Crippen LogP contribution is -2.31. The van der Waals surface area contributed by atoms with Gasteiger partial charge in [-0.25, -0.2) is 4.98 Å². The fraction of sp³-hybridized carbons (Fsp3) is 0.375. The molecule has 0 saturated carbocycles. The van der Waals surface area contributed by atoms with Crippen molar-refractivity contribution in [2.45, 2.75) is 13.0 Å². The third kappa shape index (κ3) is 3.16. The van der Waals surface area contributed by atoms with Gasteiger partial charge in [-0.05, 0) is 31.0 Å². The van der Waals surface area contributed by atoms with Crippen molar-refractivity contribution in [2.24, 2.45) is 5.92 Å². The van der Waals surface area contributed by atoms with E-state index >= 15 is 0 Å². The lowest BCUT2D eigenvalue weighted by molar-refractivity contribution is 0.0943. The van der Waals surface area contributed by atoms with Gasteiger partial charge in [-0.1, -0.05) is 0 Å². The molecular weight excluding hydrogens is 312 g/mol. The van der Waals surface area contributed by atoms with E-state index in [2.05, 4.69) is 15.2 Å². The average Bonchev–Trinajstić information content (AvgIpc) is 3.29. The molecule has 0 aliphatic carbocycles. The maximum Gasteiger partial charge on any atom is 0.271 e. The summed E-state index contributed by atoms with van der Waals surface area (Å²) in [6.07, 6.45) is 6.49. The smallest absolute Gasteiger partial charge is 0.271 e. The third-order valence-corrected chi connectivity index (χ3v) is 4.98. The van der Waals surface area contributed by atoms with Gasteiger partial charge >= 0.3 is 0 Å². The summed E-state index contributed by atoms with van der Waals surface area (Å²) in [5.41, 5.74) is 0.488.